The molecule has 0 unspecified atom stereocenters. The summed E-state index contributed by atoms with van der Waals surface area (Å²) < 4.78 is 10.9. The molecule has 0 aromatic carbocycles. The predicted molar refractivity (Wildman–Crippen MR) is 209 cm³/mol. The monoisotopic (exact) mass is 692 g/mol. The Bertz CT molecular complexity index is 722. The Morgan fingerprint density at radius 3 is 1.12 bits per heavy atom. The third-order valence-electron chi connectivity index (χ3n) is 9.62. The highest BCUT2D eigenvalue weighted by Crippen LogP contribution is 2.18. The van der Waals surface area contributed by atoms with Crippen molar-refractivity contribution in [3.8, 4) is 0 Å². The number of esters is 2. The van der Waals surface area contributed by atoms with Crippen molar-refractivity contribution < 1.29 is 24.2 Å². The smallest absolute Gasteiger partial charge is 0.305 e. The number of carbonyl (C=O) groups is 2. The molecule has 6 heteroatoms. The second-order valence-corrected chi connectivity index (χ2v) is 14.4. The molecule has 0 aliphatic heterocycles. The second-order valence-electron chi connectivity index (χ2n) is 14.4. The van der Waals surface area contributed by atoms with E-state index in [2.05, 4.69) is 38.2 Å². The van der Waals surface area contributed by atoms with E-state index in [4.69, 9.17) is 15.2 Å². The molecule has 0 aromatic heterocycles. The summed E-state index contributed by atoms with van der Waals surface area (Å²) in [6.45, 7) is 4.92. The Kier molecular flexibility index (Phi) is 36.3. The Labute approximate surface area is 303 Å². The summed E-state index contributed by atoms with van der Waals surface area (Å²) in [5, 5.41) is 9.52. The topological polar surface area (TPSA) is 98.8 Å². The van der Waals surface area contributed by atoms with E-state index in [0.29, 0.717) is 32.1 Å². The molecule has 0 rings (SSSR count). The van der Waals surface area contributed by atoms with Crippen LogP contribution in [0.15, 0.2) is 24.3 Å². The minimum atomic E-state index is -0.721. The molecule has 3 N–H and O–H groups in total. The molecule has 0 amide bonds. The molecule has 0 radical (unpaired) electrons. The molecular formula is C43H81NO5. The highest BCUT2D eigenvalue weighted by molar-refractivity contribution is 5.69. The molecule has 6 nitrogen and oxygen atoms in total. The zero-order chi connectivity index (χ0) is 35.9. The number of nitrogens with two attached hydrogens (primary N) is 1. The normalized spacial score (nSPS) is 12.0. The van der Waals surface area contributed by atoms with Crippen molar-refractivity contribution in [3.63, 3.8) is 0 Å². The molecular weight excluding hydrogens is 610 g/mol. The minimum Gasteiger partial charge on any atom is -0.466 e. The van der Waals surface area contributed by atoms with Crippen molar-refractivity contribution in [1.82, 2.24) is 0 Å². The van der Waals surface area contributed by atoms with E-state index in [1.54, 1.807) is 0 Å². The fourth-order valence-electron chi connectivity index (χ4n) is 6.16. The van der Waals surface area contributed by atoms with Gasteiger partial charge in [-0.25, -0.2) is 0 Å². The van der Waals surface area contributed by atoms with E-state index in [0.717, 1.165) is 51.4 Å². The molecule has 0 bridgehead atoms. The minimum absolute atomic E-state index is 0.0533. The highest BCUT2D eigenvalue weighted by atomic mass is 16.5. The third-order valence-corrected chi connectivity index (χ3v) is 9.62. The number of aliphatic hydroxyl groups excluding tert-OH is 1. The summed E-state index contributed by atoms with van der Waals surface area (Å²) in [4.78, 5) is 24.4. The lowest BCUT2D eigenvalue weighted by Gasteiger charge is -2.28. The first-order valence-electron chi connectivity index (χ1n) is 21.0. The Hall–Kier alpha value is -1.66. The summed E-state index contributed by atoms with van der Waals surface area (Å²) in [5.74, 6) is -0.370. The van der Waals surface area contributed by atoms with Crippen molar-refractivity contribution in [2.45, 2.75) is 218 Å². The second kappa shape index (κ2) is 37.6. The summed E-state index contributed by atoms with van der Waals surface area (Å²) in [5.41, 5.74) is 5.78. The third kappa shape index (κ3) is 36.0. The van der Waals surface area contributed by atoms with Gasteiger partial charge in [-0.05, 0) is 83.5 Å². The average Bonchev–Trinajstić information content (AvgIpc) is 3.08. The van der Waals surface area contributed by atoms with Crippen molar-refractivity contribution >= 4 is 11.9 Å². The van der Waals surface area contributed by atoms with Gasteiger partial charge in [-0.1, -0.05) is 141 Å². The largest absolute Gasteiger partial charge is 0.466 e. The maximum atomic E-state index is 12.2. The summed E-state index contributed by atoms with van der Waals surface area (Å²) in [6.07, 6.45) is 43.4. The Balaban J connectivity index is 3.75. The molecule has 0 aliphatic carbocycles. The van der Waals surface area contributed by atoms with Gasteiger partial charge < -0.3 is 20.3 Å². The quantitative estimate of drug-likeness (QED) is 0.0380. The summed E-state index contributed by atoms with van der Waals surface area (Å²) in [6, 6.07) is 0. The van der Waals surface area contributed by atoms with Gasteiger partial charge in [0.25, 0.3) is 0 Å². The standard InChI is InChI=1S/C43H81NO5/c1-3-5-7-9-11-13-15-17-19-21-23-25-27-29-31-33-41(46)48-39-36-43(44,35-38-45)37-40-49-42(47)34-32-30-28-26-24-22-20-18-16-14-12-10-8-6-4-2/h17-20,45H,3-16,21-40,44H2,1-2H3/b19-17-,20-18-. The van der Waals surface area contributed by atoms with Crippen LogP contribution < -0.4 is 5.73 Å². The van der Waals surface area contributed by atoms with Crippen molar-refractivity contribution in [2.75, 3.05) is 19.8 Å². The molecule has 0 aliphatic rings. The molecule has 0 aromatic rings. The van der Waals surface area contributed by atoms with E-state index >= 15 is 0 Å². The van der Waals surface area contributed by atoms with Crippen LogP contribution in [-0.2, 0) is 19.1 Å². The molecule has 0 fully saturated rings. The van der Waals surface area contributed by atoms with Crippen LogP contribution >= 0.6 is 0 Å². The fourth-order valence-corrected chi connectivity index (χ4v) is 6.16. The SMILES string of the molecule is CCCCCCCC/C=C\CCCCCCCC(=O)OCCC(N)(CCO)CCOC(=O)CCCCCCC/C=C\CCCCCCCC. The van der Waals surface area contributed by atoms with Gasteiger partial charge in [0.2, 0.25) is 0 Å². The highest BCUT2D eigenvalue weighted by Gasteiger charge is 2.25. The number of aliphatic hydroxyl groups is 1. The van der Waals surface area contributed by atoms with Crippen LogP contribution in [0.25, 0.3) is 0 Å². The van der Waals surface area contributed by atoms with Gasteiger partial charge in [0.1, 0.15) is 0 Å². The first-order chi connectivity index (χ1) is 24.0. The van der Waals surface area contributed by atoms with E-state index in [-0.39, 0.29) is 31.8 Å². The molecule has 49 heavy (non-hydrogen) atoms. The maximum absolute atomic E-state index is 12.2. The van der Waals surface area contributed by atoms with Crippen LogP contribution in [0.4, 0.5) is 0 Å². The zero-order valence-electron chi connectivity index (χ0n) is 32.5. The molecule has 0 saturated heterocycles. The van der Waals surface area contributed by atoms with Crippen molar-refractivity contribution in [1.29, 1.82) is 0 Å². The number of rotatable bonds is 38. The lowest BCUT2D eigenvalue weighted by molar-refractivity contribution is -0.144. The number of carbonyl (C=O) groups excluding carboxylic acids is 2. The fraction of sp³-hybridized carbons (Fsp3) is 0.860. The van der Waals surface area contributed by atoms with Crippen LogP contribution in [0.1, 0.15) is 213 Å². The van der Waals surface area contributed by atoms with Gasteiger partial charge in [0, 0.05) is 25.0 Å². The molecule has 288 valence electrons. The van der Waals surface area contributed by atoms with Gasteiger partial charge in [-0.15, -0.1) is 0 Å². The summed E-state index contributed by atoms with van der Waals surface area (Å²) in [7, 11) is 0. The number of ether oxygens (including phenoxy) is 2. The Morgan fingerprint density at radius 2 is 0.796 bits per heavy atom. The number of hydrogen-bond acceptors (Lipinski definition) is 6. The van der Waals surface area contributed by atoms with Crippen molar-refractivity contribution in [3.05, 3.63) is 24.3 Å². The molecule has 0 saturated carbocycles. The number of hydrogen-bond donors (Lipinski definition) is 2. The van der Waals surface area contributed by atoms with E-state index in [1.165, 1.54) is 116 Å². The first kappa shape index (κ1) is 47.3. The molecule has 0 heterocycles. The number of unbranched alkanes of at least 4 members (excludes halogenated alkanes) is 22. The Morgan fingerprint density at radius 1 is 0.490 bits per heavy atom. The number of allylic oxidation sites excluding steroid dienone is 4. The van der Waals surface area contributed by atoms with Crippen LogP contribution in [-0.4, -0.2) is 42.4 Å². The van der Waals surface area contributed by atoms with Gasteiger partial charge in [0.05, 0.1) is 13.2 Å². The first-order valence-corrected chi connectivity index (χ1v) is 21.0. The average molecular weight is 692 g/mol. The van der Waals surface area contributed by atoms with Gasteiger partial charge in [0.15, 0.2) is 0 Å². The van der Waals surface area contributed by atoms with E-state index in [1.807, 2.05) is 0 Å². The van der Waals surface area contributed by atoms with Crippen LogP contribution in [0.3, 0.4) is 0 Å². The van der Waals surface area contributed by atoms with Crippen LogP contribution in [0, 0.1) is 0 Å². The van der Waals surface area contributed by atoms with Crippen LogP contribution in [0.5, 0.6) is 0 Å². The van der Waals surface area contributed by atoms with Gasteiger partial charge >= 0.3 is 11.9 Å². The van der Waals surface area contributed by atoms with Crippen LogP contribution in [0.2, 0.25) is 0 Å². The lowest BCUT2D eigenvalue weighted by atomic mass is 9.90. The molecule has 0 spiro atoms. The predicted octanol–water partition coefficient (Wildman–Crippen LogP) is 12.0. The van der Waals surface area contributed by atoms with Gasteiger partial charge in [-0.2, -0.15) is 0 Å². The lowest BCUT2D eigenvalue weighted by Crippen LogP contribution is -2.43. The van der Waals surface area contributed by atoms with E-state index < -0.39 is 5.54 Å². The summed E-state index contributed by atoms with van der Waals surface area (Å²) >= 11 is 0. The van der Waals surface area contributed by atoms with E-state index in [9.17, 15) is 14.7 Å². The zero-order valence-corrected chi connectivity index (χ0v) is 32.5. The van der Waals surface area contributed by atoms with Crippen molar-refractivity contribution in [2.24, 2.45) is 5.73 Å². The van der Waals surface area contributed by atoms with Gasteiger partial charge in [-0.3, -0.25) is 9.59 Å². The maximum Gasteiger partial charge on any atom is 0.305 e. The molecule has 0 atom stereocenters.